The lowest BCUT2D eigenvalue weighted by atomic mass is 10.1. The summed E-state index contributed by atoms with van der Waals surface area (Å²) in [6.45, 7) is 0. The van der Waals surface area contributed by atoms with Gasteiger partial charge < -0.3 is 0 Å². The van der Waals surface area contributed by atoms with Crippen LogP contribution in [0.25, 0.3) is 0 Å². The van der Waals surface area contributed by atoms with Gasteiger partial charge in [0.25, 0.3) is 0 Å². The van der Waals surface area contributed by atoms with Crippen molar-refractivity contribution in [3.63, 3.8) is 0 Å². The quantitative estimate of drug-likeness (QED) is 0.742. The Morgan fingerprint density at radius 3 is 2.71 bits per heavy atom. The molecule has 1 heterocycles. The molecule has 0 saturated heterocycles. The molecule has 0 unspecified atom stereocenters. The fourth-order valence-corrected chi connectivity index (χ4v) is 2.83. The summed E-state index contributed by atoms with van der Waals surface area (Å²) in [5.74, 6) is -0.522. The smallest absolute Gasteiger partial charge is 0.177 e. The third-order valence-corrected chi connectivity index (χ3v) is 4.17. The van der Waals surface area contributed by atoms with Crippen LogP contribution >= 0.6 is 38.9 Å². The average molecular weight is 334 g/mol. The molecule has 0 amide bonds. The maximum absolute atomic E-state index is 13.2. The van der Waals surface area contributed by atoms with E-state index >= 15 is 0 Å². The minimum absolute atomic E-state index is 0.0255. The minimum atomic E-state index is -0.496. The van der Waals surface area contributed by atoms with Crippen LogP contribution < -0.4 is 0 Å². The number of rotatable bonds is 3. The Kier molecular flexibility index (Phi) is 3.97. The molecule has 1 aromatic carbocycles. The fourth-order valence-electron chi connectivity index (χ4n) is 1.39. The highest BCUT2D eigenvalue weighted by molar-refractivity contribution is 9.11. The second kappa shape index (κ2) is 5.29. The Bertz CT molecular complexity index is 567. The number of hydrogen-bond donors (Lipinski definition) is 0. The van der Waals surface area contributed by atoms with Gasteiger partial charge in [-0.3, -0.25) is 4.79 Å². The minimum Gasteiger partial charge on any atom is -0.293 e. The van der Waals surface area contributed by atoms with Crippen LogP contribution in [0.4, 0.5) is 4.39 Å². The van der Waals surface area contributed by atoms with E-state index < -0.39 is 5.82 Å². The molecule has 2 rings (SSSR count). The Morgan fingerprint density at radius 1 is 1.35 bits per heavy atom. The number of hydrogen-bond acceptors (Lipinski definition) is 2. The molecule has 1 nitrogen and oxygen atoms in total. The molecular formula is C12H7BrClFOS. The first-order valence-corrected chi connectivity index (χ1v) is 6.77. The van der Waals surface area contributed by atoms with E-state index in [0.717, 1.165) is 3.79 Å². The average Bonchev–Trinajstić information content (AvgIpc) is 2.70. The van der Waals surface area contributed by atoms with E-state index in [1.807, 2.05) is 6.07 Å². The highest BCUT2D eigenvalue weighted by atomic mass is 79.9. The Balaban J connectivity index is 2.15. The first kappa shape index (κ1) is 12.7. The number of benzene rings is 1. The van der Waals surface area contributed by atoms with Crippen LogP contribution in [-0.2, 0) is 6.42 Å². The molecule has 5 heteroatoms. The van der Waals surface area contributed by atoms with Gasteiger partial charge >= 0.3 is 0 Å². The van der Waals surface area contributed by atoms with Gasteiger partial charge in [-0.1, -0.05) is 17.7 Å². The molecule has 0 spiro atoms. The van der Waals surface area contributed by atoms with Crippen LogP contribution in [0, 0.1) is 5.82 Å². The van der Waals surface area contributed by atoms with E-state index in [-0.39, 0.29) is 17.2 Å². The third-order valence-electron chi connectivity index (χ3n) is 2.20. The summed E-state index contributed by atoms with van der Waals surface area (Å²) in [6.07, 6.45) is 0.182. The summed E-state index contributed by atoms with van der Waals surface area (Å²) in [4.78, 5) is 12.5. The molecular weight excluding hydrogens is 327 g/mol. The van der Waals surface area contributed by atoms with Crippen molar-refractivity contribution in [2.45, 2.75) is 6.42 Å². The number of carbonyl (C=O) groups excluding carboxylic acids is 1. The number of thiophene rings is 1. The number of halogens is 3. The lowest BCUT2D eigenvalue weighted by Gasteiger charge is -2.00. The monoisotopic (exact) mass is 332 g/mol. The second-order valence-corrected chi connectivity index (χ2v) is 6.32. The summed E-state index contributed by atoms with van der Waals surface area (Å²) in [7, 11) is 0. The van der Waals surface area contributed by atoms with Gasteiger partial charge in [0.2, 0.25) is 0 Å². The van der Waals surface area contributed by atoms with Crippen molar-refractivity contribution < 1.29 is 9.18 Å². The molecule has 88 valence electrons. The Morgan fingerprint density at radius 2 is 2.12 bits per heavy atom. The molecule has 0 N–H and O–H groups in total. The van der Waals surface area contributed by atoms with Crippen LogP contribution in [0.15, 0.2) is 34.1 Å². The summed E-state index contributed by atoms with van der Waals surface area (Å²) >= 11 is 10.2. The van der Waals surface area contributed by atoms with Gasteiger partial charge in [-0.05, 0) is 45.8 Å². The van der Waals surface area contributed by atoms with Gasteiger partial charge in [0.05, 0.1) is 13.7 Å². The largest absolute Gasteiger partial charge is 0.293 e. The molecule has 0 radical (unpaired) electrons. The molecule has 0 aliphatic heterocycles. The van der Waals surface area contributed by atoms with Crippen LogP contribution in [0.5, 0.6) is 0 Å². The van der Waals surface area contributed by atoms with Crippen molar-refractivity contribution in [2.24, 2.45) is 0 Å². The Labute approximate surface area is 115 Å². The summed E-state index contributed by atoms with van der Waals surface area (Å²) in [5, 5.41) is 0.0695. The molecule has 1 aromatic heterocycles. The second-order valence-electron chi connectivity index (χ2n) is 3.45. The molecule has 0 aliphatic rings. The van der Waals surface area contributed by atoms with Crippen molar-refractivity contribution in [3.8, 4) is 0 Å². The summed E-state index contributed by atoms with van der Waals surface area (Å²) in [5.41, 5.74) is 0.626. The standard InChI is InChI=1S/C12H7BrClFOS/c13-12-4-3-11(17-12)10(16)6-7-1-2-8(14)9(15)5-7/h1-5H,6H2. The predicted octanol–water partition coefficient (Wildman–Crippen LogP) is 4.73. The lowest BCUT2D eigenvalue weighted by molar-refractivity contribution is 0.0997. The van der Waals surface area contributed by atoms with E-state index in [1.54, 1.807) is 12.1 Å². The zero-order valence-electron chi connectivity index (χ0n) is 8.54. The van der Waals surface area contributed by atoms with Crippen molar-refractivity contribution in [1.82, 2.24) is 0 Å². The van der Waals surface area contributed by atoms with E-state index in [1.165, 1.54) is 23.5 Å². The fraction of sp³-hybridized carbons (Fsp3) is 0.0833. The van der Waals surface area contributed by atoms with E-state index in [2.05, 4.69) is 15.9 Å². The van der Waals surface area contributed by atoms with Crippen LogP contribution in [0.1, 0.15) is 15.2 Å². The van der Waals surface area contributed by atoms with Gasteiger partial charge in [0.1, 0.15) is 5.82 Å². The SMILES string of the molecule is O=C(Cc1ccc(Cl)c(F)c1)c1ccc(Br)s1. The summed E-state index contributed by atoms with van der Waals surface area (Å²) < 4.78 is 14.1. The maximum atomic E-state index is 13.2. The molecule has 0 saturated carbocycles. The van der Waals surface area contributed by atoms with Gasteiger partial charge in [-0.2, -0.15) is 0 Å². The van der Waals surface area contributed by atoms with Gasteiger partial charge in [-0.25, -0.2) is 4.39 Å². The maximum Gasteiger partial charge on any atom is 0.177 e. The van der Waals surface area contributed by atoms with Crippen LogP contribution in [0.2, 0.25) is 5.02 Å². The molecule has 0 aliphatic carbocycles. The van der Waals surface area contributed by atoms with Crippen molar-refractivity contribution in [3.05, 3.63) is 55.4 Å². The third kappa shape index (κ3) is 3.15. The van der Waals surface area contributed by atoms with Gasteiger partial charge in [0.15, 0.2) is 5.78 Å². The number of Topliss-reactive ketones (excluding diaryl/α,β-unsaturated/α-hetero) is 1. The number of ketones is 1. The number of carbonyl (C=O) groups is 1. The summed E-state index contributed by atoms with van der Waals surface area (Å²) in [6, 6.07) is 7.99. The van der Waals surface area contributed by atoms with E-state index in [4.69, 9.17) is 11.6 Å². The highest BCUT2D eigenvalue weighted by Gasteiger charge is 2.10. The topological polar surface area (TPSA) is 17.1 Å². The van der Waals surface area contributed by atoms with E-state index in [0.29, 0.717) is 10.4 Å². The normalized spacial score (nSPS) is 10.5. The van der Waals surface area contributed by atoms with Crippen molar-refractivity contribution in [2.75, 3.05) is 0 Å². The van der Waals surface area contributed by atoms with Crippen LogP contribution in [0.3, 0.4) is 0 Å². The highest BCUT2D eigenvalue weighted by Crippen LogP contribution is 2.24. The predicted molar refractivity (Wildman–Crippen MR) is 71.5 cm³/mol. The van der Waals surface area contributed by atoms with Crippen molar-refractivity contribution >= 4 is 44.7 Å². The lowest BCUT2D eigenvalue weighted by Crippen LogP contribution is -2.01. The molecule has 0 atom stereocenters. The van der Waals surface area contributed by atoms with Crippen LogP contribution in [-0.4, -0.2) is 5.78 Å². The van der Waals surface area contributed by atoms with Crippen molar-refractivity contribution in [1.29, 1.82) is 0 Å². The Hall–Kier alpha value is -0.710. The van der Waals surface area contributed by atoms with Gasteiger partial charge in [0, 0.05) is 6.42 Å². The zero-order chi connectivity index (χ0) is 12.4. The van der Waals surface area contributed by atoms with E-state index in [9.17, 15) is 9.18 Å². The molecule has 17 heavy (non-hydrogen) atoms. The molecule has 0 bridgehead atoms. The molecule has 0 fully saturated rings. The van der Waals surface area contributed by atoms with Gasteiger partial charge in [-0.15, -0.1) is 11.3 Å². The zero-order valence-corrected chi connectivity index (χ0v) is 11.7. The first-order valence-electron chi connectivity index (χ1n) is 4.79. The first-order chi connectivity index (χ1) is 8.06. The molecule has 2 aromatic rings.